The average molecular weight is 249 g/mol. The zero-order chi connectivity index (χ0) is 11.7. The van der Waals surface area contributed by atoms with Crippen molar-refractivity contribution in [3.05, 3.63) is 33.7 Å². The van der Waals surface area contributed by atoms with E-state index < -0.39 is 0 Å². The van der Waals surface area contributed by atoms with Gasteiger partial charge in [-0.25, -0.2) is 0 Å². The quantitative estimate of drug-likeness (QED) is 0.764. The van der Waals surface area contributed by atoms with Gasteiger partial charge in [0.2, 0.25) is 0 Å². The molecule has 3 nitrogen and oxygen atoms in total. The minimum Gasteiger partial charge on any atom is -0.488 e. The summed E-state index contributed by atoms with van der Waals surface area (Å²) in [6, 6.07) is 2.12. The second kappa shape index (κ2) is 4.53. The summed E-state index contributed by atoms with van der Waals surface area (Å²) in [5.41, 5.74) is 1.30. The van der Waals surface area contributed by atoms with Crippen molar-refractivity contribution in [1.82, 2.24) is 4.90 Å². The number of hydrogen-bond acceptors (Lipinski definition) is 3. The fraction of sp³-hybridized carbons (Fsp3) is 0.462. The van der Waals surface area contributed by atoms with Crippen LogP contribution in [0.15, 0.2) is 23.3 Å². The van der Waals surface area contributed by atoms with Crippen LogP contribution >= 0.6 is 11.3 Å². The van der Waals surface area contributed by atoms with Gasteiger partial charge in [-0.15, -0.1) is 11.3 Å². The number of thiophene rings is 1. The zero-order valence-corrected chi connectivity index (χ0v) is 10.5. The molecule has 1 aromatic rings. The molecule has 0 atom stereocenters. The zero-order valence-electron chi connectivity index (χ0n) is 9.65. The van der Waals surface area contributed by atoms with E-state index in [4.69, 9.17) is 4.74 Å². The Kier molecular flexibility index (Phi) is 2.89. The average Bonchev–Trinajstić information content (AvgIpc) is 2.86. The fourth-order valence-electron chi connectivity index (χ4n) is 2.28. The second-order valence-corrected chi connectivity index (χ2v) is 5.41. The molecule has 0 saturated heterocycles. The van der Waals surface area contributed by atoms with Gasteiger partial charge in [-0.2, -0.15) is 0 Å². The van der Waals surface area contributed by atoms with Crippen LogP contribution in [0, 0.1) is 0 Å². The molecule has 0 fully saturated rings. The lowest BCUT2D eigenvalue weighted by Crippen LogP contribution is -2.37. The molecule has 17 heavy (non-hydrogen) atoms. The van der Waals surface area contributed by atoms with Crippen molar-refractivity contribution in [2.75, 3.05) is 13.2 Å². The van der Waals surface area contributed by atoms with Gasteiger partial charge in [-0.1, -0.05) is 0 Å². The van der Waals surface area contributed by atoms with Crippen LogP contribution in [-0.4, -0.2) is 24.0 Å². The summed E-state index contributed by atoms with van der Waals surface area (Å²) < 4.78 is 5.43. The van der Waals surface area contributed by atoms with E-state index in [1.54, 1.807) is 11.3 Å². The van der Waals surface area contributed by atoms with Gasteiger partial charge in [0.1, 0.15) is 0 Å². The molecule has 1 aromatic heterocycles. The lowest BCUT2D eigenvalue weighted by molar-refractivity contribution is -0.132. The third-order valence-electron chi connectivity index (χ3n) is 3.24. The summed E-state index contributed by atoms with van der Waals surface area (Å²) in [5.74, 6) is 0.608. The molecule has 1 amide bonds. The van der Waals surface area contributed by atoms with E-state index in [1.807, 2.05) is 11.0 Å². The van der Waals surface area contributed by atoms with Crippen LogP contribution in [0.3, 0.4) is 0 Å². The van der Waals surface area contributed by atoms with Crippen LogP contribution < -0.4 is 0 Å². The number of carbonyl (C=O) groups is 1. The summed E-state index contributed by atoms with van der Waals surface area (Å²) >= 11 is 1.79. The van der Waals surface area contributed by atoms with Crippen molar-refractivity contribution in [3.63, 3.8) is 0 Å². The highest BCUT2D eigenvalue weighted by Gasteiger charge is 2.25. The molecular formula is C13H15NO2S. The van der Waals surface area contributed by atoms with E-state index in [2.05, 4.69) is 11.4 Å². The highest BCUT2D eigenvalue weighted by molar-refractivity contribution is 7.10. The van der Waals surface area contributed by atoms with Crippen molar-refractivity contribution in [2.45, 2.75) is 25.8 Å². The number of nitrogens with zero attached hydrogens (tertiary/aromatic N) is 1. The summed E-state index contributed by atoms with van der Waals surface area (Å²) in [7, 11) is 0. The third-order valence-corrected chi connectivity index (χ3v) is 4.26. The predicted molar refractivity (Wildman–Crippen MR) is 66.7 cm³/mol. The van der Waals surface area contributed by atoms with Crippen LogP contribution in [0.5, 0.6) is 0 Å². The van der Waals surface area contributed by atoms with Crippen molar-refractivity contribution >= 4 is 17.2 Å². The van der Waals surface area contributed by atoms with Crippen molar-refractivity contribution in [1.29, 1.82) is 0 Å². The Balaban J connectivity index is 1.74. The summed E-state index contributed by atoms with van der Waals surface area (Å²) in [6.45, 7) is 2.22. The maximum Gasteiger partial charge on any atom is 0.288 e. The fourth-order valence-corrected chi connectivity index (χ4v) is 3.17. The second-order valence-electron chi connectivity index (χ2n) is 4.40. The van der Waals surface area contributed by atoms with Crippen LogP contribution in [-0.2, 0) is 22.5 Å². The molecule has 0 aliphatic carbocycles. The minimum absolute atomic E-state index is 0.0570. The number of fused-ring (bicyclic) bond motifs is 1. The van der Waals surface area contributed by atoms with Gasteiger partial charge in [0.25, 0.3) is 5.91 Å². The molecule has 2 aliphatic heterocycles. The number of amides is 1. The van der Waals surface area contributed by atoms with Gasteiger partial charge in [0.05, 0.1) is 6.61 Å². The highest BCUT2D eigenvalue weighted by atomic mass is 32.1. The lowest BCUT2D eigenvalue weighted by atomic mass is 10.1. The Hall–Kier alpha value is -1.29. The topological polar surface area (TPSA) is 29.5 Å². The maximum absolute atomic E-state index is 12.2. The van der Waals surface area contributed by atoms with Gasteiger partial charge < -0.3 is 9.64 Å². The third kappa shape index (κ3) is 2.09. The van der Waals surface area contributed by atoms with E-state index >= 15 is 0 Å². The van der Waals surface area contributed by atoms with E-state index in [9.17, 15) is 4.79 Å². The van der Waals surface area contributed by atoms with Gasteiger partial charge in [-0.05, 0) is 42.3 Å². The first-order valence-electron chi connectivity index (χ1n) is 6.02. The van der Waals surface area contributed by atoms with Gasteiger partial charge in [-0.3, -0.25) is 4.79 Å². The monoisotopic (exact) mass is 249 g/mol. The Bertz CT molecular complexity index is 464. The molecule has 2 aliphatic rings. The molecule has 4 heteroatoms. The summed E-state index contributed by atoms with van der Waals surface area (Å²) in [6.07, 6.45) is 4.88. The molecule has 90 valence electrons. The number of allylic oxidation sites excluding steroid dienone is 1. The lowest BCUT2D eigenvalue weighted by Gasteiger charge is -2.28. The Morgan fingerprint density at radius 3 is 3.24 bits per heavy atom. The largest absolute Gasteiger partial charge is 0.488 e. The SMILES string of the molecule is O=C(C1=CCCCO1)N1CCc2sccc2C1. The molecule has 3 heterocycles. The first kappa shape index (κ1) is 10.8. The highest BCUT2D eigenvalue weighted by Crippen LogP contribution is 2.25. The number of carbonyl (C=O) groups excluding carboxylic acids is 1. The molecule has 0 spiro atoms. The van der Waals surface area contributed by atoms with E-state index in [0.29, 0.717) is 12.4 Å². The van der Waals surface area contributed by atoms with Gasteiger partial charge in [0.15, 0.2) is 5.76 Å². The van der Waals surface area contributed by atoms with Crippen molar-refractivity contribution in [2.24, 2.45) is 0 Å². The molecule has 3 rings (SSSR count). The first-order valence-corrected chi connectivity index (χ1v) is 6.90. The molecule has 0 aromatic carbocycles. The molecular weight excluding hydrogens is 234 g/mol. The Labute approximate surface area is 105 Å². The van der Waals surface area contributed by atoms with Crippen molar-refractivity contribution in [3.8, 4) is 0 Å². The normalized spacial score (nSPS) is 19.3. The van der Waals surface area contributed by atoms with E-state index in [1.165, 1.54) is 10.4 Å². The Morgan fingerprint density at radius 2 is 2.41 bits per heavy atom. The molecule has 0 saturated carbocycles. The number of ether oxygens (including phenoxy) is 1. The van der Waals surface area contributed by atoms with Crippen LogP contribution in [0.1, 0.15) is 23.3 Å². The summed E-state index contributed by atoms with van der Waals surface area (Å²) in [4.78, 5) is 15.5. The minimum atomic E-state index is 0.0570. The predicted octanol–water partition coefficient (Wildman–Crippen LogP) is 2.33. The maximum atomic E-state index is 12.2. The summed E-state index contributed by atoms with van der Waals surface area (Å²) in [5, 5.41) is 2.11. The number of hydrogen-bond donors (Lipinski definition) is 0. The Morgan fingerprint density at radius 1 is 1.47 bits per heavy atom. The van der Waals surface area contributed by atoms with Gasteiger partial charge >= 0.3 is 0 Å². The smallest absolute Gasteiger partial charge is 0.288 e. The first-order chi connectivity index (χ1) is 8.34. The molecule has 0 radical (unpaired) electrons. The van der Waals surface area contributed by atoms with Crippen LogP contribution in [0.4, 0.5) is 0 Å². The molecule has 0 N–H and O–H groups in total. The van der Waals surface area contributed by atoms with E-state index in [-0.39, 0.29) is 5.91 Å². The number of rotatable bonds is 1. The van der Waals surface area contributed by atoms with Crippen LogP contribution in [0.25, 0.3) is 0 Å². The molecule has 0 bridgehead atoms. The standard InChI is InChI=1S/C13H15NO2S/c15-13(11-3-1-2-7-16-11)14-6-4-12-10(9-14)5-8-17-12/h3,5,8H,1-2,4,6-7,9H2. The van der Waals surface area contributed by atoms with Crippen LogP contribution in [0.2, 0.25) is 0 Å². The van der Waals surface area contributed by atoms with Gasteiger partial charge in [0, 0.05) is 18.0 Å². The van der Waals surface area contributed by atoms with E-state index in [0.717, 1.165) is 32.4 Å². The molecule has 0 unspecified atom stereocenters. The van der Waals surface area contributed by atoms with Crippen molar-refractivity contribution < 1.29 is 9.53 Å².